The Balaban J connectivity index is 3.40. The van der Waals surface area contributed by atoms with Crippen molar-refractivity contribution in [2.24, 2.45) is 3.77 Å². The number of para-hydroxylation sites is 1. The first-order valence-corrected chi connectivity index (χ1v) is 9.93. The van der Waals surface area contributed by atoms with Gasteiger partial charge in [0.15, 0.2) is 0 Å². The minimum absolute atomic E-state index is 0.165. The molecule has 0 heterocycles. The summed E-state index contributed by atoms with van der Waals surface area (Å²) in [7, 11) is -6.78. The Labute approximate surface area is 126 Å². The van der Waals surface area contributed by atoms with E-state index < -0.39 is 19.9 Å². The predicted molar refractivity (Wildman–Crippen MR) is 85.0 cm³/mol. The van der Waals surface area contributed by atoms with Gasteiger partial charge in [-0.05, 0) is 19.1 Å². The first-order valence-electron chi connectivity index (χ1n) is 6.30. The highest BCUT2D eigenvalue weighted by atomic mass is 35.5. The van der Waals surface area contributed by atoms with Gasteiger partial charge < -0.3 is 0 Å². The largest absolute Gasteiger partial charge is 0.352 e. The second-order valence-electron chi connectivity index (χ2n) is 4.02. The Kier molecular flexibility index (Phi) is 5.85. The topological polar surface area (TPSA) is 66.8 Å². The summed E-state index contributed by atoms with van der Waals surface area (Å²) in [6.45, 7) is 5.17. The highest BCUT2D eigenvalue weighted by Crippen LogP contribution is 2.28. The molecule has 0 aliphatic heterocycles. The quantitative estimate of drug-likeness (QED) is 0.801. The molecule has 0 amide bonds. The van der Waals surface area contributed by atoms with Gasteiger partial charge >= 0.3 is 10.2 Å². The van der Waals surface area contributed by atoms with Crippen molar-refractivity contribution < 1.29 is 12.6 Å². The van der Waals surface area contributed by atoms with E-state index in [-0.39, 0.29) is 18.1 Å². The van der Waals surface area contributed by atoms with Crippen LogP contribution in [-0.2, 0) is 19.9 Å². The third kappa shape index (κ3) is 3.86. The first kappa shape index (κ1) is 17.3. The normalized spacial score (nSPS) is 12.2. The van der Waals surface area contributed by atoms with Crippen molar-refractivity contribution >= 4 is 37.2 Å². The lowest BCUT2D eigenvalue weighted by molar-refractivity contribution is 0.593. The van der Waals surface area contributed by atoms with Gasteiger partial charge in [0.05, 0.1) is 20.4 Å². The maximum absolute atomic E-state index is 12.4. The van der Waals surface area contributed by atoms with Crippen molar-refractivity contribution in [2.45, 2.75) is 20.8 Å². The molecule has 0 aliphatic carbocycles. The fourth-order valence-corrected chi connectivity index (χ4v) is 5.60. The lowest BCUT2D eigenvalue weighted by Crippen LogP contribution is -2.30. The van der Waals surface area contributed by atoms with Crippen LogP contribution < -0.4 is 4.31 Å². The fraction of sp³-hybridized carbons (Fsp3) is 0.500. The Hall–Kier alpha value is -0.790. The number of halogens is 1. The smallest absolute Gasteiger partial charge is 0.250 e. The zero-order valence-corrected chi connectivity index (χ0v) is 14.1. The Bertz CT molecular complexity index is 670. The van der Waals surface area contributed by atoms with E-state index in [4.69, 9.17) is 11.6 Å². The summed E-state index contributed by atoms with van der Waals surface area (Å²) < 4.78 is 41.7. The van der Waals surface area contributed by atoms with Gasteiger partial charge in [-0.3, -0.25) is 4.31 Å². The molecule has 0 spiro atoms. The third-order valence-electron chi connectivity index (χ3n) is 2.82. The van der Waals surface area contributed by atoms with Crippen LogP contribution in [0, 0.1) is 0 Å². The van der Waals surface area contributed by atoms with E-state index in [1.807, 2.05) is 0 Å². The van der Waals surface area contributed by atoms with Crippen molar-refractivity contribution in [3.8, 4) is 0 Å². The maximum Gasteiger partial charge on any atom is 0.352 e. The van der Waals surface area contributed by atoms with Crippen molar-refractivity contribution in [3.05, 3.63) is 29.3 Å². The summed E-state index contributed by atoms with van der Waals surface area (Å²) in [4.78, 5) is 0. The number of hydrogen-bond acceptors (Lipinski definition) is 3. The number of nitrogens with zero attached hydrogens (tertiary/aromatic N) is 2. The standard InChI is InChI=1S/C12H19ClN2O3S2/c1-4-15(12-10-8-7-9-11(12)13)20(17,18)14-19(16,5-2)6-3/h7-10H,4-6H2,1-3H3. The molecule has 0 unspecified atom stereocenters. The van der Waals surface area contributed by atoms with Gasteiger partial charge in [0, 0.05) is 18.1 Å². The summed E-state index contributed by atoms with van der Waals surface area (Å²) >= 11 is 6.02. The summed E-state index contributed by atoms with van der Waals surface area (Å²) in [6.07, 6.45) is 0. The lowest BCUT2D eigenvalue weighted by Gasteiger charge is -2.21. The minimum Gasteiger partial charge on any atom is -0.250 e. The van der Waals surface area contributed by atoms with E-state index in [9.17, 15) is 12.6 Å². The molecule has 0 radical (unpaired) electrons. The van der Waals surface area contributed by atoms with E-state index >= 15 is 0 Å². The molecule has 1 aromatic carbocycles. The molecule has 0 bridgehead atoms. The van der Waals surface area contributed by atoms with E-state index in [0.717, 1.165) is 4.31 Å². The zero-order chi connectivity index (χ0) is 15.4. The third-order valence-corrected chi connectivity index (χ3v) is 7.80. The van der Waals surface area contributed by atoms with Gasteiger partial charge in [0.2, 0.25) is 0 Å². The van der Waals surface area contributed by atoms with Crippen LogP contribution >= 0.6 is 11.6 Å². The van der Waals surface area contributed by atoms with Gasteiger partial charge in [0.25, 0.3) is 0 Å². The van der Waals surface area contributed by atoms with Crippen LogP contribution in [0.15, 0.2) is 28.0 Å². The predicted octanol–water partition coefficient (Wildman–Crippen LogP) is 2.92. The summed E-state index contributed by atoms with van der Waals surface area (Å²) in [5, 5.41) is 0.313. The van der Waals surface area contributed by atoms with Crippen LogP contribution in [0.3, 0.4) is 0 Å². The van der Waals surface area contributed by atoms with Crippen molar-refractivity contribution in [2.75, 3.05) is 22.4 Å². The molecule has 0 aliphatic rings. The number of benzene rings is 1. The van der Waals surface area contributed by atoms with Crippen LogP contribution in [0.2, 0.25) is 5.02 Å². The molecular weight excluding hydrogens is 320 g/mol. The van der Waals surface area contributed by atoms with E-state index in [1.165, 1.54) is 0 Å². The number of hydrogen-bond donors (Lipinski definition) is 0. The van der Waals surface area contributed by atoms with Crippen molar-refractivity contribution in [3.63, 3.8) is 0 Å². The van der Waals surface area contributed by atoms with Crippen LogP contribution in [0.25, 0.3) is 0 Å². The molecule has 0 saturated heterocycles. The van der Waals surface area contributed by atoms with Gasteiger partial charge in [-0.15, -0.1) is 0 Å². The molecule has 8 heteroatoms. The average molecular weight is 339 g/mol. The fourth-order valence-electron chi connectivity index (χ4n) is 1.63. The summed E-state index contributed by atoms with van der Waals surface area (Å²) in [5.74, 6) is 0.394. The highest BCUT2D eigenvalue weighted by Gasteiger charge is 2.24. The Morgan fingerprint density at radius 3 is 2.10 bits per heavy atom. The van der Waals surface area contributed by atoms with Gasteiger partial charge in [0.1, 0.15) is 0 Å². The molecule has 0 saturated carbocycles. The summed E-state index contributed by atoms with van der Waals surface area (Å²) in [6, 6.07) is 6.60. The molecule has 5 nitrogen and oxygen atoms in total. The molecule has 0 fully saturated rings. The van der Waals surface area contributed by atoms with Crippen molar-refractivity contribution in [1.82, 2.24) is 0 Å². The minimum atomic E-state index is -4.03. The summed E-state index contributed by atoms with van der Waals surface area (Å²) in [5.41, 5.74) is 0.342. The molecule has 0 atom stereocenters. The van der Waals surface area contributed by atoms with E-state index in [0.29, 0.717) is 10.7 Å². The second kappa shape index (κ2) is 6.78. The number of anilines is 1. The van der Waals surface area contributed by atoms with Gasteiger partial charge in [-0.2, -0.15) is 8.42 Å². The van der Waals surface area contributed by atoms with Gasteiger partial charge in [-0.25, -0.2) is 4.21 Å². The SMILES string of the molecule is CCN(c1ccccc1Cl)S(=O)(=O)N=S(=O)(CC)CC. The van der Waals surface area contributed by atoms with Crippen LogP contribution in [-0.4, -0.2) is 30.7 Å². The van der Waals surface area contributed by atoms with E-state index in [2.05, 4.69) is 3.77 Å². The number of rotatable bonds is 6. The molecule has 0 N–H and O–H groups in total. The van der Waals surface area contributed by atoms with Crippen molar-refractivity contribution in [1.29, 1.82) is 0 Å². The monoisotopic (exact) mass is 338 g/mol. The molecule has 0 aromatic heterocycles. The molecule has 114 valence electrons. The van der Waals surface area contributed by atoms with E-state index in [1.54, 1.807) is 45.0 Å². The zero-order valence-electron chi connectivity index (χ0n) is 11.7. The molecule has 20 heavy (non-hydrogen) atoms. The lowest BCUT2D eigenvalue weighted by atomic mass is 10.3. The maximum atomic E-state index is 12.4. The Morgan fingerprint density at radius 1 is 1.10 bits per heavy atom. The highest BCUT2D eigenvalue weighted by molar-refractivity contribution is 8.03. The van der Waals surface area contributed by atoms with Crippen LogP contribution in [0.5, 0.6) is 0 Å². The van der Waals surface area contributed by atoms with Gasteiger partial charge in [-0.1, -0.05) is 41.3 Å². The average Bonchev–Trinajstić information content (AvgIpc) is 2.41. The molecule has 1 rings (SSSR count). The van der Waals surface area contributed by atoms with Crippen LogP contribution in [0.1, 0.15) is 20.8 Å². The second-order valence-corrected chi connectivity index (χ2v) is 9.06. The molecule has 1 aromatic rings. The first-order chi connectivity index (χ1) is 9.29. The molecular formula is C12H19ClN2O3S2. The van der Waals surface area contributed by atoms with Crippen LogP contribution in [0.4, 0.5) is 5.69 Å². The Morgan fingerprint density at radius 2 is 1.65 bits per heavy atom.